The van der Waals surface area contributed by atoms with E-state index in [-0.39, 0.29) is 23.6 Å². The normalized spacial score (nSPS) is 12.6. The van der Waals surface area contributed by atoms with Crippen molar-refractivity contribution in [2.24, 2.45) is 0 Å². The average Bonchev–Trinajstić information content (AvgIpc) is 2.88. The molecule has 0 bridgehead atoms. The van der Waals surface area contributed by atoms with Gasteiger partial charge in [0.05, 0.1) is 17.7 Å². The van der Waals surface area contributed by atoms with E-state index in [4.69, 9.17) is 20.9 Å². The number of aliphatic carboxylic acids is 2. The van der Waals surface area contributed by atoms with E-state index in [1.54, 1.807) is 42.5 Å². The van der Waals surface area contributed by atoms with Crippen molar-refractivity contribution in [3.63, 3.8) is 0 Å². The van der Waals surface area contributed by atoms with Gasteiger partial charge in [0.1, 0.15) is 12.6 Å². The van der Waals surface area contributed by atoms with E-state index in [0.29, 0.717) is 5.56 Å². The molecule has 3 aromatic rings. The minimum Gasteiger partial charge on any atom is -0.480 e. The SMILES string of the molecule is COS(=O)N(CC(=O)O)Cc1cccc(-c2ccc(C[C@H](NC(=O)c3ccccc3Cl)C(=O)O)cc2)c1. The van der Waals surface area contributed by atoms with E-state index in [2.05, 4.69) is 5.32 Å². The van der Waals surface area contributed by atoms with Crippen molar-refractivity contribution in [3.05, 3.63) is 94.5 Å². The Morgan fingerprint density at radius 1 is 0.973 bits per heavy atom. The fraction of sp³-hybridized carbons (Fsp3) is 0.192. The van der Waals surface area contributed by atoms with Gasteiger partial charge in [0, 0.05) is 13.0 Å². The van der Waals surface area contributed by atoms with Gasteiger partial charge in [-0.25, -0.2) is 9.00 Å². The van der Waals surface area contributed by atoms with Crippen molar-refractivity contribution in [2.75, 3.05) is 13.7 Å². The number of rotatable bonds is 12. The van der Waals surface area contributed by atoms with Crippen molar-refractivity contribution in [1.82, 2.24) is 9.62 Å². The minimum atomic E-state index is -1.90. The molecule has 1 unspecified atom stereocenters. The van der Waals surface area contributed by atoms with E-state index in [0.717, 1.165) is 16.7 Å². The van der Waals surface area contributed by atoms with Gasteiger partial charge >= 0.3 is 11.9 Å². The Hall–Kier alpha value is -3.57. The first-order valence-electron chi connectivity index (χ1n) is 11.1. The van der Waals surface area contributed by atoms with Crippen molar-refractivity contribution < 1.29 is 33.0 Å². The molecule has 0 spiro atoms. The zero-order valence-electron chi connectivity index (χ0n) is 19.8. The predicted octanol–water partition coefficient (Wildman–Crippen LogP) is 3.54. The number of carboxylic acids is 2. The van der Waals surface area contributed by atoms with Crippen LogP contribution in [0.5, 0.6) is 0 Å². The molecule has 0 saturated heterocycles. The number of carbonyl (C=O) groups excluding carboxylic acids is 1. The number of nitrogens with one attached hydrogen (secondary N) is 1. The van der Waals surface area contributed by atoms with Crippen molar-refractivity contribution >= 4 is 40.7 Å². The molecule has 0 radical (unpaired) electrons. The number of carbonyl (C=O) groups is 3. The standard InChI is InChI=1S/C26H25ClN2O7S/c1-36-37(35)29(16-24(30)31)15-18-5-4-6-20(13-18)19-11-9-17(10-12-19)14-23(26(33)34)28-25(32)21-7-2-3-8-22(21)27/h2-13,23H,14-16H2,1H3,(H,28,32)(H,30,31)(H,33,34)/t23-,37?/m0/s1. The maximum atomic E-state index is 12.5. The third-order valence-corrected chi connectivity index (χ3v) is 6.69. The summed E-state index contributed by atoms with van der Waals surface area (Å²) < 4.78 is 18.0. The van der Waals surface area contributed by atoms with E-state index in [9.17, 15) is 23.7 Å². The molecule has 3 aromatic carbocycles. The van der Waals surface area contributed by atoms with Gasteiger partial charge in [-0.05, 0) is 40.5 Å². The van der Waals surface area contributed by atoms with Crippen LogP contribution in [0.3, 0.4) is 0 Å². The molecule has 0 fully saturated rings. The maximum Gasteiger partial charge on any atom is 0.326 e. The Labute approximate surface area is 221 Å². The fourth-order valence-electron chi connectivity index (χ4n) is 3.62. The van der Waals surface area contributed by atoms with Crippen LogP contribution in [-0.4, -0.2) is 56.3 Å². The lowest BCUT2D eigenvalue weighted by molar-refractivity contribution is -0.139. The second-order valence-corrected chi connectivity index (χ2v) is 9.71. The van der Waals surface area contributed by atoms with Gasteiger partial charge in [-0.2, -0.15) is 4.31 Å². The fourth-order valence-corrected chi connectivity index (χ4v) is 4.52. The third-order valence-electron chi connectivity index (χ3n) is 5.40. The van der Waals surface area contributed by atoms with Crippen molar-refractivity contribution in [1.29, 1.82) is 0 Å². The lowest BCUT2D eigenvalue weighted by atomic mass is 9.99. The van der Waals surface area contributed by atoms with Gasteiger partial charge in [0.25, 0.3) is 5.91 Å². The van der Waals surface area contributed by atoms with Gasteiger partial charge in [-0.3, -0.25) is 13.8 Å². The first-order valence-corrected chi connectivity index (χ1v) is 12.5. The molecule has 3 N–H and O–H groups in total. The molecular weight excluding hydrogens is 520 g/mol. The van der Waals surface area contributed by atoms with Gasteiger partial charge in [0.2, 0.25) is 11.3 Å². The summed E-state index contributed by atoms with van der Waals surface area (Å²) >= 11 is 4.14. The molecule has 0 heterocycles. The number of benzene rings is 3. The summed E-state index contributed by atoms with van der Waals surface area (Å²) in [4.78, 5) is 35.4. The van der Waals surface area contributed by atoms with Gasteiger partial charge in [0.15, 0.2) is 0 Å². The van der Waals surface area contributed by atoms with Crippen LogP contribution in [0, 0.1) is 0 Å². The van der Waals surface area contributed by atoms with E-state index in [1.165, 1.54) is 17.5 Å². The quantitative estimate of drug-likeness (QED) is 0.317. The molecule has 11 heteroatoms. The number of halogens is 1. The smallest absolute Gasteiger partial charge is 0.326 e. The zero-order chi connectivity index (χ0) is 26.9. The summed E-state index contributed by atoms with van der Waals surface area (Å²) in [7, 11) is 1.24. The number of hydrogen-bond acceptors (Lipinski definition) is 5. The first-order chi connectivity index (χ1) is 17.7. The monoisotopic (exact) mass is 544 g/mol. The molecule has 1 amide bonds. The number of hydrogen-bond donors (Lipinski definition) is 3. The minimum absolute atomic E-state index is 0.0683. The summed E-state index contributed by atoms with van der Waals surface area (Å²) in [5, 5.41) is 21.5. The Morgan fingerprint density at radius 2 is 1.68 bits per heavy atom. The number of nitrogens with zero attached hydrogens (tertiary/aromatic N) is 1. The summed E-state index contributed by atoms with van der Waals surface area (Å²) in [5.74, 6) is -2.87. The van der Waals surface area contributed by atoms with Crippen LogP contribution in [-0.2, 0) is 38.0 Å². The van der Waals surface area contributed by atoms with Crippen LogP contribution in [0.4, 0.5) is 0 Å². The average molecular weight is 545 g/mol. The number of carboxylic acid groups (broad SMARTS) is 2. The van der Waals surface area contributed by atoms with Crippen LogP contribution in [0.25, 0.3) is 11.1 Å². The van der Waals surface area contributed by atoms with E-state index < -0.39 is 41.7 Å². The highest BCUT2D eigenvalue weighted by atomic mass is 35.5. The van der Waals surface area contributed by atoms with Crippen LogP contribution < -0.4 is 5.32 Å². The molecule has 2 atom stereocenters. The van der Waals surface area contributed by atoms with Gasteiger partial charge in [-0.1, -0.05) is 66.2 Å². The highest BCUT2D eigenvalue weighted by molar-refractivity contribution is 7.77. The molecule has 0 saturated carbocycles. The van der Waals surface area contributed by atoms with Crippen LogP contribution in [0.15, 0.2) is 72.8 Å². The molecule has 194 valence electrons. The molecule has 9 nitrogen and oxygen atoms in total. The summed E-state index contributed by atoms with van der Waals surface area (Å²) in [5.41, 5.74) is 3.32. The summed E-state index contributed by atoms with van der Waals surface area (Å²) in [6.45, 7) is -0.346. The molecule has 0 aromatic heterocycles. The highest BCUT2D eigenvalue weighted by Gasteiger charge is 2.22. The largest absolute Gasteiger partial charge is 0.480 e. The molecule has 3 rings (SSSR count). The van der Waals surface area contributed by atoms with Crippen LogP contribution >= 0.6 is 11.6 Å². The second-order valence-electron chi connectivity index (χ2n) is 8.02. The van der Waals surface area contributed by atoms with Crippen LogP contribution in [0.1, 0.15) is 21.5 Å². The molecular formula is C26H25ClN2O7S. The lowest BCUT2D eigenvalue weighted by Gasteiger charge is -2.18. The first kappa shape index (κ1) is 28.0. The summed E-state index contributed by atoms with van der Waals surface area (Å²) in [6, 6.07) is 19.8. The van der Waals surface area contributed by atoms with Gasteiger partial charge in [-0.15, -0.1) is 0 Å². The molecule has 37 heavy (non-hydrogen) atoms. The Bertz CT molecular complexity index is 1300. The molecule has 0 aliphatic rings. The number of amides is 1. The van der Waals surface area contributed by atoms with E-state index in [1.807, 2.05) is 24.3 Å². The molecule has 0 aliphatic carbocycles. The van der Waals surface area contributed by atoms with E-state index >= 15 is 0 Å². The highest BCUT2D eigenvalue weighted by Crippen LogP contribution is 2.23. The lowest BCUT2D eigenvalue weighted by Crippen LogP contribution is -2.42. The van der Waals surface area contributed by atoms with Crippen LogP contribution in [0.2, 0.25) is 5.02 Å². The zero-order valence-corrected chi connectivity index (χ0v) is 21.4. The Balaban J connectivity index is 1.72. The Morgan fingerprint density at radius 3 is 2.30 bits per heavy atom. The third kappa shape index (κ3) is 7.96. The van der Waals surface area contributed by atoms with Gasteiger partial charge < -0.3 is 15.5 Å². The Kier molecular flexibility index (Phi) is 9.93. The molecule has 0 aliphatic heterocycles. The van der Waals surface area contributed by atoms with Crippen molar-refractivity contribution in [3.8, 4) is 11.1 Å². The summed E-state index contributed by atoms with van der Waals surface area (Å²) in [6.07, 6.45) is 0.0683. The van der Waals surface area contributed by atoms with Crippen molar-refractivity contribution in [2.45, 2.75) is 19.0 Å². The second kappa shape index (κ2) is 13.1. The predicted molar refractivity (Wildman–Crippen MR) is 139 cm³/mol. The topological polar surface area (TPSA) is 133 Å². The maximum absolute atomic E-state index is 12.5.